The largest absolute Gasteiger partial charge is 0.417 e. The molecule has 0 unspecified atom stereocenters. The Balaban J connectivity index is 1.76. The third-order valence-electron chi connectivity index (χ3n) is 6.46. The zero-order valence-corrected chi connectivity index (χ0v) is 19.4. The van der Waals surface area contributed by atoms with Gasteiger partial charge in [0, 0.05) is 41.7 Å². The summed E-state index contributed by atoms with van der Waals surface area (Å²) in [5.74, 6) is -1.36. The van der Waals surface area contributed by atoms with Crippen LogP contribution >= 0.6 is 0 Å². The molecule has 0 spiro atoms. The van der Waals surface area contributed by atoms with Crippen LogP contribution in [0.3, 0.4) is 0 Å². The molecule has 3 aromatic carbocycles. The topological polar surface area (TPSA) is 59.4 Å². The molecule has 4 aromatic rings. The molecule has 5 nitrogen and oxygen atoms in total. The van der Waals surface area contributed by atoms with E-state index in [0.717, 1.165) is 18.2 Å². The van der Waals surface area contributed by atoms with Crippen LogP contribution in [0.15, 0.2) is 54.6 Å². The molecule has 0 radical (unpaired) electrons. The molecule has 37 heavy (non-hydrogen) atoms. The highest BCUT2D eigenvalue weighted by molar-refractivity contribution is 5.96. The second-order valence-electron chi connectivity index (χ2n) is 8.87. The zero-order valence-electron chi connectivity index (χ0n) is 19.4. The third kappa shape index (κ3) is 4.70. The van der Waals surface area contributed by atoms with E-state index in [2.05, 4.69) is 14.8 Å². The highest BCUT2D eigenvalue weighted by Gasteiger charge is 2.34. The molecule has 1 aliphatic rings. The molecule has 2 heterocycles. The molecule has 0 amide bonds. The quantitative estimate of drug-likeness (QED) is 0.246. The lowest BCUT2D eigenvalue weighted by molar-refractivity contribution is -0.137. The van der Waals surface area contributed by atoms with Gasteiger partial charge in [-0.2, -0.15) is 13.2 Å². The number of nitrogens with zero attached hydrogens (tertiary/aromatic N) is 4. The fraction of sp³-hybridized carbons (Fsp3) is 0.222. The SMILES string of the molecule is [C-]#[N+]c1ccc(-c2nc(N3CCC(N)CC3)nc3cc(F)c(-c4ccccc4C(F)(F)F)cc23)cc1F. The first kappa shape index (κ1) is 24.6. The van der Waals surface area contributed by atoms with Crippen molar-refractivity contribution in [2.45, 2.75) is 25.1 Å². The summed E-state index contributed by atoms with van der Waals surface area (Å²) in [7, 11) is 0. The van der Waals surface area contributed by atoms with Gasteiger partial charge in [0.05, 0.1) is 23.3 Å². The maximum atomic E-state index is 15.3. The Bertz CT molecular complexity index is 1540. The fourth-order valence-corrected chi connectivity index (χ4v) is 4.52. The van der Waals surface area contributed by atoms with Gasteiger partial charge in [-0.15, -0.1) is 0 Å². The van der Waals surface area contributed by atoms with Gasteiger partial charge in [-0.3, -0.25) is 0 Å². The van der Waals surface area contributed by atoms with Gasteiger partial charge in [0.15, 0.2) is 0 Å². The first-order valence-electron chi connectivity index (χ1n) is 11.5. The smallest absolute Gasteiger partial charge is 0.341 e. The summed E-state index contributed by atoms with van der Waals surface area (Å²) >= 11 is 0. The lowest BCUT2D eigenvalue weighted by atomic mass is 9.96. The summed E-state index contributed by atoms with van der Waals surface area (Å²) in [6.45, 7) is 8.23. The Morgan fingerprint density at radius 3 is 2.32 bits per heavy atom. The first-order chi connectivity index (χ1) is 17.7. The maximum absolute atomic E-state index is 15.3. The van der Waals surface area contributed by atoms with Gasteiger partial charge in [-0.25, -0.2) is 23.6 Å². The Labute approximate surface area is 209 Å². The van der Waals surface area contributed by atoms with Crippen molar-refractivity contribution in [3.05, 3.63) is 83.2 Å². The van der Waals surface area contributed by atoms with Gasteiger partial charge in [-0.1, -0.05) is 30.3 Å². The highest BCUT2D eigenvalue weighted by atomic mass is 19.4. The molecule has 10 heteroatoms. The molecule has 188 valence electrons. The summed E-state index contributed by atoms with van der Waals surface area (Å²) in [6, 6.07) is 11.0. The number of benzene rings is 3. The Kier molecular flexibility index (Phi) is 6.25. The molecule has 2 N–H and O–H groups in total. The molecule has 0 saturated carbocycles. The molecular formula is C27H20F5N5. The predicted octanol–water partition coefficient (Wildman–Crippen LogP) is 6.74. The molecule has 1 fully saturated rings. The number of aromatic nitrogens is 2. The molecule has 0 bridgehead atoms. The number of alkyl halides is 3. The van der Waals surface area contributed by atoms with Crippen LogP contribution in [0.25, 0.3) is 38.1 Å². The Hall–Kier alpha value is -4.10. The van der Waals surface area contributed by atoms with E-state index in [4.69, 9.17) is 12.3 Å². The maximum Gasteiger partial charge on any atom is 0.417 e. The van der Waals surface area contributed by atoms with Crippen LogP contribution in [-0.2, 0) is 6.18 Å². The summed E-state index contributed by atoms with van der Waals surface area (Å²) in [5, 5.41) is 0.251. The van der Waals surface area contributed by atoms with Gasteiger partial charge in [-0.05, 0) is 36.6 Å². The van der Waals surface area contributed by atoms with Crippen LogP contribution in [-0.4, -0.2) is 29.1 Å². The molecule has 1 aromatic heterocycles. The van der Waals surface area contributed by atoms with Crippen LogP contribution in [0.2, 0.25) is 0 Å². The van der Waals surface area contributed by atoms with Crippen LogP contribution < -0.4 is 10.6 Å². The van der Waals surface area contributed by atoms with E-state index in [-0.39, 0.29) is 51.0 Å². The van der Waals surface area contributed by atoms with Gasteiger partial charge >= 0.3 is 6.18 Å². The minimum absolute atomic E-state index is 0.0418. The van der Waals surface area contributed by atoms with Crippen molar-refractivity contribution in [2.24, 2.45) is 5.73 Å². The number of piperidine rings is 1. The summed E-state index contributed by atoms with van der Waals surface area (Å²) in [6.07, 6.45) is -3.30. The van der Waals surface area contributed by atoms with E-state index < -0.39 is 23.4 Å². The lowest BCUT2D eigenvalue weighted by Crippen LogP contribution is -2.40. The zero-order chi connectivity index (χ0) is 26.3. The first-order valence-corrected chi connectivity index (χ1v) is 11.5. The molecule has 1 aliphatic heterocycles. The van der Waals surface area contributed by atoms with Gasteiger partial charge in [0.25, 0.3) is 0 Å². The second-order valence-corrected chi connectivity index (χ2v) is 8.87. The monoisotopic (exact) mass is 509 g/mol. The van der Waals surface area contributed by atoms with Crippen molar-refractivity contribution >= 4 is 22.5 Å². The number of anilines is 1. The molecular weight excluding hydrogens is 489 g/mol. The lowest BCUT2D eigenvalue weighted by Gasteiger charge is -2.30. The van der Waals surface area contributed by atoms with E-state index in [9.17, 15) is 17.6 Å². The van der Waals surface area contributed by atoms with Crippen LogP contribution in [0.1, 0.15) is 18.4 Å². The number of rotatable bonds is 3. The van der Waals surface area contributed by atoms with Crippen molar-refractivity contribution in [1.29, 1.82) is 0 Å². The van der Waals surface area contributed by atoms with Crippen molar-refractivity contribution in [3.63, 3.8) is 0 Å². The van der Waals surface area contributed by atoms with E-state index in [1.54, 1.807) is 0 Å². The number of nitrogens with two attached hydrogens (primary N) is 1. The summed E-state index contributed by atoms with van der Waals surface area (Å²) < 4.78 is 71.0. The summed E-state index contributed by atoms with van der Waals surface area (Å²) in [5.41, 5.74) is 4.90. The van der Waals surface area contributed by atoms with Crippen LogP contribution in [0, 0.1) is 18.2 Å². The number of hydrogen-bond acceptors (Lipinski definition) is 4. The Morgan fingerprint density at radius 2 is 1.65 bits per heavy atom. The van der Waals surface area contributed by atoms with Crippen LogP contribution in [0.5, 0.6) is 0 Å². The van der Waals surface area contributed by atoms with Gasteiger partial charge in [0.2, 0.25) is 11.6 Å². The Morgan fingerprint density at radius 1 is 0.919 bits per heavy atom. The average Bonchev–Trinajstić information content (AvgIpc) is 2.87. The van der Waals surface area contributed by atoms with E-state index in [1.165, 1.54) is 36.4 Å². The standard InChI is InChI=1S/C27H20F5N5/c1-34-23-7-6-15(12-22(23)29)25-19-13-18(17-4-2-3-5-20(17)27(30,31)32)21(28)14-24(19)35-26(36-25)37-10-8-16(33)9-11-37/h2-7,12-14,16H,8-11,33H2. The van der Waals surface area contributed by atoms with Crippen molar-refractivity contribution in [2.75, 3.05) is 18.0 Å². The van der Waals surface area contributed by atoms with Gasteiger partial charge < -0.3 is 10.6 Å². The van der Waals surface area contributed by atoms with Crippen molar-refractivity contribution in [1.82, 2.24) is 9.97 Å². The number of fused-ring (bicyclic) bond motifs is 1. The summed E-state index contributed by atoms with van der Waals surface area (Å²) in [4.78, 5) is 14.2. The normalized spacial score (nSPS) is 14.7. The van der Waals surface area contributed by atoms with E-state index >= 15 is 4.39 Å². The van der Waals surface area contributed by atoms with E-state index in [1.807, 2.05) is 4.90 Å². The molecule has 0 aliphatic carbocycles. The average molecular weight is 509 g/mol. The fourth-order valence-electron chi connectivity index (χ4n) is 4.52. The molecule has 5 rings (SSSR count). The number of halogens is 5. The van der Waals surface area contributed by atoms with Crippen molar-refractivity contribution < 1.29 is 22.0 Å². The number of hydrogen-bond donors (Lipinski definition) is 1. The van der Waals surface area contributed by atoms with Crippen molar-refractivity contribution in [3.8, 4) is 22.4 Å². The highest BCUT2D eigenvalue weighted by Crippen LogP contribution is 2.40. The molecule has 0 atom stereocenters. The third-order valence-corrected chi connectivity index (χ3v) is 6.46. The van der Waals surface area contributed by atoms with E-state index in [0.29, 0.717) is 25.9 Å². The molecule has 1 saturated heterocycles. The van der Waals surface area contributed by atoms with Gasteiger partial charge in [0.1, 0.15) is 11.6 Å². The minimum atomic E-state index is -4.70. The predicted molar refractivity (Wildman–Crippen MR) is 131 cm³/mol. The van der Waals surface area contributed by atoms with Crippen LogP contribution in [0.4, 0.5) is 33.6 Å². The minimum Gasteiger partial charge on any atom is -0.341 e. The second kappa shape index (κ2) is 9.41.